The molecule has 1 amide bonds. The van der Waals surface area contributed by atoms with Gasteiger partial charge in [-0.25, -0.2) is 0 Å². The standard InChI is InChI=1S/C22H24N2O/c1-4-16-9-11-17(12-10-16)13-14-22-21(2,3)18-7-5-6-8-19(18)24(22)15-20(25)23-22/h5-14H,4,15H2,1-3H3,(H,23,25)/b14-13+/t22-/m0/s1. The minimum absolute atomic E-state index is 0.0774. The molecule has 1 N–H and O–H groups in total. The molecule has 2 aliphatic heterocycles. The molecule has 1 atom stereocenters. The first-order valence-electron chi connectivity index (χ1n) is 8.94. The van der Waals surface area contributed by atoms with Gasteiger partial charge in [-0.3, -0.25) is 4.79 Å². The van der Waals surface area contributed by atoms with Gasteiger partial charge >= 0.3 is 0 Å². The van der Waals surface area contributed by atoms with E-state index in [1.54, 1.807) is 0 Å². The molecule has 0 unspecified atom stereocenters. The summed E-state index contributed by atoms with van der Waals surface area (Å²) in [5, 5.41) is 3.26. The average molecular weight is 332 g/mol. The fourth-order valence-corrected chi connectivity index (χ4v) is 4.22. The van der Waals surface area contributed by atoms with Crippen molar-refractivity contribution >= 4 is 17.7 Å². The monoisotopic (exact) mass is 332 g/mol. The molecule has 1 fully saturated rings. The molecule has 3 nitrogen and oxygen atoms in total. The summed E-state index contributed by atoms with van der Waals surface area (Å²) in [7, 11) is 0. The summed E-state index contributed by atoms with van der Waals surface area (Å²) in [5.74, 6) is 0.0774. The van der Waals surface area contributed by atoms with Crippen LogP contribution in [0.2, 0.25) is 0 Å². The van der Waals surface area contributed by atoms with Crippen molar-refractivity contribution in [3.63, 3.8) is 0 Å². The van der Waals surface area contributed by atoms with Gasteiger partial charge in [-0.2, -0.15) is 0 Å². The van der Waals surface area contributed by atoms with Crippen molar-refractivity contribution in [1.82, 2.24) is 5.32 Å². The lowest BCUT2D eigenvalue weighted by atomic mass is 9.75. The van der Waals surface area contributed by atoms with E-state index < -0.39 is 5.66 Å². The number of carbonyl (C=O) groups excluding carboxylic acids is 1. The SMILES string of the molecule is CCc1ccc(/C=C/[C@]23NC(=O)CN2c2ccccc2C3(C)C)cc1. The predicted octanol–water partition coefficient (Wildman–Crippen LogP) is 3.89. The fraction of sp³-hybridized carbons (Fsp3) is 0.318. The first-order chi connectivity index (χ1) is 12.0. The van der Waals surface area contributed by atoms with Crippen LogP contribution in [0.4, 0.5) is 5.69 Å². The second-order valence-electron chi connectivity index (χ2n) is 7.47. The molecule has 4 rings (SSSR count). The molecule has 0 spiro atoms. The Morgan fingerprint density at radius 2 is 1.84 bits per heavy atom. The highest BCUT2D eigenvalue weighted by atomic mass is 16.2. The fourth-order valence-electron chi connectivity index (χ4n) is 4.22. The van der Waals surface area contributed by atoms with Gasteiger partial charge in [-0.1, -0.05) is 69.3 Å². The van der Waals surface area contributed by atoms with Crippen LogP contribution in [-0.4, -0.2) is 18.1 Å². The number of anilines is 1. The molecule has 0 aliphatic carbocycles. The molecule has 0 aromatic heterocycles. The van der Waals surface area contributed by atoms with E-state index in [4.69, 9.17) is 0 Å². The van der Waals surface area contributed by atoms with Crippen LogP contribution in [0, 0.1) is 0 Å². The Hall–Kier alpha value is -2.55. The number of benzene rings is 2. The lowest BCUT2D eigenvalue weighted by molar-refractivity contribution is -0.118. The minimum atomic E-state index is -0.517. The second-order valence-corrected chi connectivity index (χ2v) is 7.47. The first-order valence-corrected chi connectivity index (χ1v) is 8.94. The number of nitrogens with one attached hydrogen (secondary N) is 1. The third-order valence-corrected chi connectivity index (χ3v) is 5.78. The highest BCUT2D eigenvalue weighted by Gasteiger charge is 2.59. The third-order valence-electron chi connectivity index (χ3n) is 5.78. The molecule has 0 bridgehead atoms. The number of rotatable bonds is 3. The van der Waals surface area contributed by atoms with Crippen LogP contribution in [0.3, 0.4) is 0 Å². The second kappa shape index (κ2) is 5.48. The summed E-state index contributed by atoms with van der Waals surface area (Å²) in [6, 6.07) is 17.0. The Balaban J connectivity index is 1.78. The topological polar surface area (TPSA) is 32.3 Å². The maximum absolute atomic E-state index is 12.3. The van der Waals surface area contributed by atoms with Crippen LogP contribution in [0.1, 0.15) is 37.5 Å². The Kier molecular flexibility index (Phi) is 3.50. The van der Waals surface area contributed by atoms with Crippen LogP contribution in [0.25, 0.3) is 6.08 Å². The molecular formula is C22H24N2O. The highest BCUT2D eigenvalue weighted by Crippen LogP contribution is 2.52. The van der Waals surface area contributed by atoms with E-state index in [2.05, 4.69) is 85.6 Å². The van der Waals surface area contributed by atoms with E-state index in [1.165, 1.54) is 11.1 Å². The Bertz CT molecular complexity index is 851. The van der Waals surface area contributed by atoms with Gasteiger partial charge in [0.25, 0.3) is 0 Å². The largest absolute Gasteiger partial charge is 0.335 e. The number of amides is 1. The molecule has 128 valence electrons. The van der Waals surface area contributed by atoms with Gasteiger partial charge in [0.05, 0.1) is 6.54 Å². The van der Waals surface area contributed by atoms with E-state index in [1.807, 2.05) is 6.07 Å². The first kappa shape index (κ1) is 15.9. The normalized spacial score (nSPS) is 23.6. The van der Waals surface area contributed by atoms with E-state index in [0.717, 1.165) is 17.7 Å². The number of para-hydroxylation sites is 1. The molecule has 25 heavy (non-hydrogen) atoms. The van der Waals surface area contributed by atoms with E-state index in [9.17, 15) is 4.79 Å². The van der Waals surface area contributed by atoms with Crippen LogP contribution < -0.4 is 10.2 Å². The van der Waals surface area contributed by atoms with Crippen molar-refractivity contribution < 1.29 is 4.79 Å². The highest BCUT2D eigenvalue weighted by molar-refractivity contribution is 5.91. The zero-order chi connectivity index (χ0) is 17.7. The molecule has 2 aromatic rings. The summed E-state index contributed by atoms with van der Waals surface area (Å²) in [6.07, 6.45) is 5.34. The molecular weight excluding hydrogens is 308 g/mol. The van der Waals surface area contributed by atoms with Crippen molar-refractivity contribution in [2.24, 2.45) is 0 Å². The summed E-state index contributed by atoms with van der Waals surface area (Å²) in [6.45, 7) is 6.98. The molecule has 0 radical (unpaired) electrons. The van der Waals surface area contributed by atoms with Gasteiger partial charge in [0.2, 0.25) is 5.91 Å². The van der Waals surface area contributed by atoms with Crippen LogP contribution in [0.5, 0.6) is 0 Å². The number of aryl methyl sites for hydroxylation is 1. The Morgan fingerprint density at radius 1 is 1.12 bits per heavy atom. The van der Waals surface area contributed by atoms with Gasteiger partial charge in [0.15, 0.2) is 0 Å². The van der Waals surface area contributed by atoms with Crippen molar-refractivity contribution in [2.45, 2.75) is 38.3 Å². The Morgan fingerprint density at radius 3 is 2.56 bits per heavy atom. The number of nitrogens with zero attached hydrogens (tertiary/aromatic N) is 1. The molecule has 2 aromatic carbocycles. The van der Waals surface area contributed by atoms with Gasteiger partial charge in [0, 0.05) is 11.1 Å². The van der Waals surface area contributed by atoms with Gasteiger partial charge < -0.3 is 10.2 Å². The summed E-state index contributed by atoms with van der Waals surface area (Å²) >= 11 is 0. The lowest BCUT2D eigenvalue weighted by Gasteiger charge is -2.40. The number of hydrogen-bond donors (Lipinski definition) is 1. The van der Waals surface area contributed by atoms with Gasteiger partial charge in [0.1, 0.15) is 5.66 Å². The smallest absolute Gasteiger partial charge is 0.241 e. The van der Waals surface area contributed by atoms with Crippen molar-refractivity contribution in [3.05, 3.63) is 71.3 Å². The minimum Gasteiger partial charge on any atom is -0.335 e. The number of carbonyl (C=O) groups is 1. The zero-order valence-corrected chi connectivity index (χ0v) is 15.0. The lowest BCUT2D eigenvalue weighted by Crippen LogP contribution is -2.58. The van der Waals surface area contributed by atoms with Gasteiger partial charge in [-0.15, -0.1) is 0 Å². The maximum Gasteiger partial charge on any atom is 0.241 e. The molecule has 2 aliphatic rings. The average Bonchev–Trinajstić information content (AvgIpc) is 3.05. The van der Waals surface area contributed by atoms with E-state index >= 15 is 0 Å². The van der Waals surface area contributed by atoms with E-state index in [0.29, 0.717) is 6.54 Å². The van der Waals surface area contributed by atoms with Crippen molar-refractivity contribution in [3.8, 4) is 0 Å². The predicted molar refractivity (Wildman–Crippen MR) is 103 cm³/mol. The summed E-state index contributed by atoms with van der Waals surface area (Å²) in [5.41, 5.74) is 4.18. The quantitative estimate of drug-likeness (QED) is 0.925. The van der Waals surface area contributed by atoms with E-state index in [-0.39, 0.29) is 11.3 Å². The number of fused-ring (bicyclic) bond motifs is 3. The van der Waals surface area contributed by atoms with Crippen LogP contribution in [0.15, 0.2) is 54.6 Å². The number of hydrogen-bond acceptors (Lipinski definition) is 2. The third kappa shape index (κ3) is 2.22. The van der Waals surface area contributed by atoms with Crippen LogP contribution in [-0.2, 0) is 16.6 Å². The van der Waals surface area contributed by atoms with Crippen molar-refractivity contribution in [2.75, 3.05) is 11.4 Å². The molecule has 2 heterocycles. The van der Waals surface area contributed by atoms with Gasteiger partial charge in [-0.05, 0) is 35.3 Å². The Labute approximate surface area is 149 Å². The summed E-state index contributed by atoms with van der Waals surface area (Å²) < 4.78 is 0. The zero-order valence-electron chi connectivity index (χ0n) is 15.0. The maximum atomic E-state index is 12.3. The molecule has 3 heteroatoms. The van der Waals surface area contributed by atoms with Crippen LogP contribution >= 0.6 is 0 Å². The van der Waals surface area contributed by atoms with Crippen molar-refractivity contribution in [1.29, 1.82) is 0 Å². The molecule has 0 saturated carbocycles. The molecule has 1 saturated heterocycles. The summed E-state index contributed by atoms with van der Waals surface area (Å²) in [4.78, 5) is 14.5.